The van der Waals surface area contributed by atoms with E-state index in [9.17, 15) is 9.59 Å². The number of nitrogens with zero attached hydrogens (tertiary/aromatic N) is 1. The van der Waals surface area contributed by atoms with Gasteiger partial charge in [-0.2, -0.15) is 0 Å². The third-order valence-electron chi connectivity index (χ3n) is 4.19. The number of carbonyl (C=O) groups excluding carboxylic acids is 2. The minimum Gasteiger partial charge on any atom is -0.493 e. The molecule has 0 unspecified atom stereocenters. The van der Waals surface area contributed by atoms with E-state index in [-0.39, 0.29) is 11.8 Å². The lowest BCUT2D eigenvalue weighted by atomic mass is 10.1. The molecule has 0 spiro atoms. The van der Waals surface area contributed by atoms with Crippen LogP contribution in [0.15, 0.2) is 72.8 Å². The van der Waals surface area contributed by atoms with Crippen LogP contribution in [0.5, 0.6) is 17.2 Å². The largest absolute Gasteiger partial charge is 0.493 e. The van der Waals surface area contributed by atoms with Gasteiger partial charge in [-0.05, 0) is 48.5 Å². The standard InChI is InChI=1S/C21H15NO4/c1-25-18-8-4-5-9-19(18)26-15-12-10-14(11-13-15)22-20(23)16-6-2-3-7-17(16)21(22)24/h2-13H,1H3. The Morgan fingerprint density at radius 1 is 0.692 bits per heavy atom. The zero-order valence-electron chi connectivity index (χ0n) is 14.0. The molecule has 1 aliphatic rings. The Morgan fingerprint density at radius 2 is 1.23 bits per heavy atom. The Morgan fingerprint density at radius 3 is 1.81 bits per heavy atom. The molecule has 0 radical (unpaired) electrons. The summed E-state index contributed by atoms with van der Waals surface area (Å²) in [6.45, 7) is 0. The van der Waals surface area contributed by atoms with E-state index < -0.39 is 0 Å². The van der Waals surface area contributed by atoms with E-state index >= 15 is 0 Å². The fourth-order valence-corrected chi connectivity index (χ4v) is 2.92. The highest BCUT2D eigenvalue weighted by molar-refractivity contribution is 6.34. The lowest BCUT2D eigenvalue weighted by molar-refractivity contribution is 0.0926. The Balaban J connectivity index is 1.59. The minimum absolute atomic E-state index is 0.316. The lowest BCUT2D eigenvalue weighted by Gasteiger charge is -2.15. The molecule has 0 saturated carbocycles. The van der Waals surface area contributed by atoms with Gasteiger partial charge >= 0.3 is 0 Å². The molecule has 5 nitrogen and oxygen atoms in total. The molecule has 1 aliphatic heterocycles. The van der Waals surface area contributed by atoms with Crippen LogP contribution in [0.4, 0.5) is 5.69 Å². The molecule has 3 aromatic rings. The van der Waals surface area contributed by atoms with Crippen LogP contribution in [-0.4, -0.2) is 18.9 Å². The summed E-state index contributed by atoms with van der Waals surface area (Å²) in [7, 11) is 1.58. The molecule has 26 heavy (non-hydrogen) atoms. The number of carbonyl (C=O) groups is 2. The van der Waals surface area contributed by atoms with Crippen molar-refractivity contribution in [1.29, 1.82) is 0 Å². The van der Waals surface area contributed by atoms with Crippen molar-refractivity contribution in [3.05, 3.63) is 83.9 Å². The van der Waals surface area contributed by atoms with Crippen LogP contribution in [0.2, 0.25) is 0 Å². The highest BCUT2D eigenvalue weighted by Gasteiger charge is 2.36. The number of methoxy groups -OCH3 is 1. The summed E-state index contributed by atoms with van der Waals surface area (Å²) in [6, 6.07) is 20.9. The van der Waals surface area contributed by atoms with Gasteiger partial charge in [-0.1, -0.05) is 24.3 Å². The predicted octanol–water partition coefficient (Wildman–Crippen LogP) is 4.29. The van der Waals surface area contributed by atoms with Crippen LogP contribution in [0, 0.1) is 0 Å². The molecule has 0 bridgehead atoms. The van der Waals surface area contributed by atoms with E-state index in [4.69, 9.17) is 9.47 Å². The van der Waals surface area contributed by atoms with Gasteiger partial charge in [0.15, 0.2) is 11.5 Å². The van der Waals surface area contributed by atoms with Crippen molar-refractivity contribution in [2.45, 2.75) is 0 Å². The maximum Gasteiger partial charge on any atom is 0.266 e. The molecular weight excluding hydrogens is 330 g/mol. The first-order valence-electron chi connectivity index (χ1n) is 8.08. The third kappa shape index (κ3) is 2.59. The van der Waals surface area contributed by atoms with Crippen molar-refractivity contribution < 1.29 is 19.1 Å². The number of rotatable bonds is 4. The van der Waals surface area contributed by atoms with Crippen LogP contribution >= 0.6 is 0 Å². The molecule has 0 atom stereocenters. The van der Waals surface area contributed by atoms with Gasteiger partial charge in [-0.15, -0.1) is 0 Å². The van der Waals surface area contributed by atoms with E-state index in [1.54, 1.807) is 61.7 Å². The van der Waals surface area contributed by atoms with Gasteiger partial charge in [0, 0.05) is 0 Å². The number of para-hydroxylation sites is 2. The second-order valence-electron chi connectivity index (χ2n) is 5.74. The van der Waals surface area contributed by atoms with E-state index in [2.05, 4.69) is 0 Å². The number of hydrogen-bond donors (Lipinski definition) is 0. The number of anilines is 1. The van der Waals surface area contributed by atoms with E-state index in [0.29, 0.717) is 34.1 Å². The maximum absolute atomic E-state index is 12.5. The fraction of sp³-hybridized carbons (Fsp3) is 0.0476. The second-order valence-corrected chi connectivity index (χ2v) is 5.74. The van der Waals surface area contributed by atoms with Crippen molar-refractivity contribution in [2.24, 2.45) is 0 Å². The highest BCUT2D eigenvalue weighted by Crippen LogP contribution is 2.33. The number of fused-ring (bicyclic) bond motifs is 1. The van der Waals surface area contributed by atoms with Crippen molar-refractivity contribution in [1.82, 2.24) is 0 Å². The van der Waals surface area contributed by atoms with Gasteiger partial charge in [0.25, 0.3) is 11.8 Å². The lowest BCUT2D eigenvalue weighted by Crippen LogP contribution is -2.29. The number of benzene rings is 3. The molecular formula is C21H15NO4. The molecule has 3 aromatic carbocycles. The first-order chi connectivity index (χ1) is 12.7. The minimum atomic E-state index is -0.316. The predicted molar refractivity (Wildman–Crippen MR) is 97.1 cm³/mol. The Kier molecular flexibility index (Phi) is 3.89. The van der Waals surface area contributed by atoms with Crippen LogP contribution in [0.3, 0.4) is 0 Å². The highest BCUT2D eigenvalue weighted by atomic mass is 16.5. The van der Waals surface area contributed by atoms with Gasteiger partial charge in [0.1, 0.15) is 5.75 Å². The number of hydrogen-bond acceptors (Lipinski definition) is 4. The summed E-state index contributed by atoms with van der Waals surface area (Å²) in [5, 5.41) is 0. The number of amides is 2. The van der Waals surface area contributed by atoms with E-state index in [0.717, 1.165) is 0 Å². The average Bonchev–Trinajstić information content (AvgIpc) is 2.94. The molecule has 5 heteroatoms. The third-order valence-corrected chi connectivity index (χ3v) is 4.19. The first kappa shape index (κ1) is 15.9. The molecule has 0 aromatic heterocycles. The van der Waals surface area contributed by atoms with Gasteiger partial charge < -0.3 is 9.47 Å². The molecule has 4 rings (SSSR count). The molecule has 128 valence electrons. The first-order valence-corrected chi connectivity index (χ1v) is 8.08. The van der Waals surface area contributed by atoms with Gasteiger partial charge in [-0.25, -0.2) is 4.90 Å². The summed E-state index contributed by atoms with van der Waals surface area (Å²) in [5.74, 6) is 1.16. The average molecular weight is 345 g/mol. The van der Waals surface area contributed by atoms with Crippen LogP contribution in [0.25, 0.3) is 0 Å². The van der Waals surface area contributed by atoms with Gasteiger partial charge in [0.2, 0.25) is 0 Å². The zero-order valence-corrected chi connectivity index (χ0v) is 14.0. The molecule has 0 aliphatic carbocycles. The van der Waals surface area contributed by atoms with Crippen LogP contribution < -0.4 is 14.4 Å². The summed E-state index contributed by atoms with van der Waals surface area (Å²) in [4.78, 5) is 26.2. The Hall–Kier alpha value is -3.60. The molecule has 0 N–H and O–H groups in total. The Bertz CT molecular complexity index is 960. The van der Waals surface area contributed by atoms with Crippen molar-refractivity contribution in [3.63, 3.8) is 0 Å². The SMILES string of the molecule is COc1ccccc1Oc1ccc(N2C(=O)c3ccccc3C2=O)cc1. The number of ether oxygens (including phenoxy) is 2. The van der Waals surface area contributed by atoms with Crippen molar-refractivity contribution in [3.8, 4) is 17.2 Å². The zero-order chi connectivity index (χ0) is 18.1. The molecule has 1 heterocycles. The molecule has 0 fully saturated rings. The summed E-state index contributed by atoms with van der Waals surface area (Å²) < 4.78 is 11.1. The summed E-state index contributed by atoms with van der Waals surface area (Å²) in [6.07, 6.45) is 0. The van der Waals surface area contributed by atoms with Crippen LogP contribution in [0.1, 0.15) is 20.7 Å². The topological polar surface area (TPSA) is 55.8 Å². The van der Waals surface area contributed by atoms with E-state index in [1.165, 1.54) is 4.90 Å². The van der Waals surface area contributed by atoms with E-state index in [1.807, 2.05) is 18.2 Å². The summed E-state index contributed by atoms with van der Waals surface area (Å²) in [5.41, 5.74) is 1.35. The second kappa shape index (κ2) is 6.37. The molecule has 0 saturated heterocycles. The number of imide groups is 1. The quantitative estimate of drug-likeness (QED) is 0.662. The van der Waals surface area contributed by atoms with Crippen molar-refractivity contribution in [2.75, 3.05) is 12.0 Å². The monoisotopic (exact) mass is 345 g/mol. The Labute approximate surface area is 150 Å². The smallest absolute Gasteiger partial charge is 0.266 e. The normalized spacial score (nSPS) is 12.9. The van der Waals surface area contributed by atoms with Crippen LogP contribution in [-0.2, 0) is 0 Å². The maximum atomic E-state index is 12.5. The fourth-order valence-electron chi connectivity index (χ4n) is 2.92. The summed E-state index contributed by atoms with van der Waals surface area (Å²) >= 11 is 0. The van der Waals surface area contributed by atoms with Gasteiger partial charge in [0.05, 0.1) is 23.9 Å². The van der Waals surface area contributed by atoms with Gasteiger partial charge in [-0.3, -0.25) is 9.59 Å². The molecule has 2 amide bonds. The van der Waals surface area contributed by atoms with Crippen molar-refractivity contribution >= 4 is 17.5 Å².